The van der Waals surface area contributed by atoms with Gasteiger partial charge in [0.05, 0.1) is 0 Å². The average Bonchev–Trinajstić information content (AvgIpc) is 2.34. The van der Waals surface area contributed by atoms with E-state index in [1.54, 1.807) is 0 Å². The molecule has 2 heterocycles. The Morgan fingerprint density at radius 3 is 2.24 bits per heavy atom. The zero-order valence-electron chi connectivity index (χ0n) is 14.6. The van der Waals surface area contributed by atoms with Gasteiger partial charge in [-0.2, -0.15) is 0 Å². The van der Waals surface area contributed by atoms with Crippen LogP contribution in [0.5, 0.6) is 0 Å². The van der Waals surface area contributed by atoms with Crippen LogP contribution in [0.25, 0.3) is 0 Å². The molecule has 0 aromatic rings. The second-order valence-corrected chi connectivity index (χ2v) is 8.63. The van der Waals surface area contributed by atoms with Gasteiger partial charge in [0.15, 0.2) is 0 Å². The smallest absolute Gasteiger partial charge is 0.00351 e. The van der Waals surface area contributed by atoms with Gasteiger partial charge in [-0.25, -0.2) is 0 Å². The monoisotopic (exact) mass is 292 g/mol. The molecule has 1 atom stereocenters. The molecule has 2 heteroatoms. The van der Waals surface area contributed by atoms with Crippen molar-refractivity contribution >= 4 is 0 Å². The maximum Gasteiger partial charge on any atom is 0.00351 e. The van der Waals surface area contributed by atoms with E-state index in [1.165, 1.54) is 77.5 Å². The van der Waals surface area contributed by atoms with Crippen LogP contribution in [0.15, 0.2) is 0 Å². The quantitative estimate of drug-likeness (QED) is 0.830. The Hall–Kier alpha value is -0.0800. The molecular formula is C19H36N2. The summed E-state index contributed by atoms with van der Waals surface area (Å²) in [7, 11) is 2.28. The largest absolute Gasteiger partial charge is 0.316 e. The van der Waals surface area contributed by atoms with E-state index in [0.29, 0.717) is 0 Å². The van der Waals surface area contributed by atoms with Crippen LogP contribution < -0.4 is 5.32 Å². The number of likely N-dealkylation sites (tertiary alicyclic amines) is 1. The van der Waals surface area contributed by atoms with Crippen molar-refractivity contribution < 1.29 is 0 Å². The molecule has 0 aromatic carbocycles. The number of hydrogen-bond acceptors (Lipinski definition) is 2. The lowest BCUT2D eigenvalue weighted by molar-refractivity contribution is -0.0254. The van der Waals surface area contributed by atoms with Crippen molar-refractivity contribution in [3.8, 4) is 0 Å². The molecule has 21 heavy (non-hydrogen) atoms. The van der Waals surface area contributed by atoms with Crippen LogP contribution >= 0.6 is 0 Å². The molecule has 2 saturated heterocycles. The highest BCUT2D eigenvalue weighted by molar-refractivity contribution is 5.03. The van der Waals surface area contributed by atoms with Crippen LogP contribution in [0, 0.1) is 22.7 Å². The van der Waals surface area contributed by atoms with Crippen LogP contribution in [0.3, 0.4) is 0 Å². The highest BCUT2D eigenvalue weighted by atomic mass is 15.1. The normalized spacial score (nSPS) is 40.7. The molecular weight excluding hydrogens is 256 g/mol. The highest BCUT2D eigenvalue weighted by Crippen LogP contribution is 2.52. The standard InChI is InChI=1S/C11H21N.C8H15N/c1-3-10-7-11(8-10)5-4-6-12(2)9-11;1-2-7-3-4-8(7)5-9-6-8/h10H,3-9H2,1-2H3;7,9H,2-6H2,1H3. The molecule has 2 aliphatic heterocycles. The van der Waals surface area contributed by atoms with Gasteiger partial charge in [0.25, 0.3) is 0 Å². The van der Waals surface area contributed by atoms with Crippen LogP contribution in [0.4, 0.5) is 0 Å². The predicted molar refractivity (Wildman–Crippen MR) is 90.5 cm³/mol. The Morgan fingerprint density at radius 1 is 1.10 bits per heavy atom. The van der Waals surface area contributed by atoms with Gasteiger partial charge in [-0.1, -0.05) is 26.7 Å². The first kappa shape index (κ1) is 15.8. The number of rotatable bonds is 2. The topological polar surface area (TPSA) is 15.3 Å². The first-order chi connectivity index (χ1) is 10.1. The summed E-state index contributed by atoms with van der Waals surface area (Å²) in [4.78, 5) is 2.52. The van der Waals surface area contributed by atoms with Gasteiger partial charge in [-0.15, -0.1) is 0 Å². The van der Waals surface area contributed by atoms with Crippen molar-refractivity contribution in [3.05, 3.63) is 0 Å². The van der Waals surface area contributed by atoms with Gasteiger partial charge in [0.1, 0.15) is 0 Å². The molecule has 2 saturated carbocycles. The maximum atomic E-state index is 3.37. The summed E-state index contributed by atoms with van der Waals surface area (Å²) in [5.41, 5.74) is 1.57. The summed E-state index contributed by atoms with van der Waals surface area (Å²) in [6, 6.07) is 0. The molecule has 0 aromatic heterocycles. The van der Waals surface area contributed by atoms with Crippen LogP contribution in [0.2, 0.25) is 0 Å². The van der Waals surface area contributed by atoms with Crippen molar-refractivity contribution in [2.45, 2.75) is 65.2 Å². The third-order valence-corrected chi connectivity index (χ3v) is 7.18. The Kier molecular flexibility index (Phi) is 4.66. The van der Waals surface area contributed by atoms with Crippen molar-refractivity contribution in [2.24, 2.45) is 22.7 Å². The van der Waals surface area contributed by atoms with Gasteiger partial charge in [-0.05, 0) is 74.8 Å². The van der Waals surface area contributed by atoms with Gasteiger partial charge < -0.3 is 10.2 Å². The first-order valence-electron chi connectivity index (χ1n) is 9.51. The molecule has 2 nitrogen and oxygen atoms in total. The summed E-state index contributed by atoms with van der Waals surface area (Å²) >= 11 is 0. The molecule has 4 fully saturated rings. The number of piperidine rings is 1. The molecule has 122 valence electrons. The van der Waals surface area contributed by atoms with Crippen molar-refractivity contribution in [3.63, 3.8) is 0 Å². The Labute approximate surface area is 132 Å². The SMILES string of the molecule is CCC1CC2(CCCN(C)C2)C1.CCC1CCC12CNC2. The second kappa shape index (κ2) is 6.20. The van der Waals surface area contributed by atoms with Crippen LogP contribution in [-0.2, 0) is 0 Å². The summed E-state index contributed by atoms with van der Waals surface area (Å²) in [5, 5.41) is 3.37. The summed E-state index contributed by atoms with van der Waals surface area (Å²) < 4.78 is 0. The minimum absolute atomic E-state index is 0.772. The number of nitrogens with zero attached hydrogens (tertiary/aromatic N) is 1. The van der Waals surface area contributed by atoms with Gasteiger partial charge in [-0.3, -0.25) is 0 Å². The zero-order valence-corrected chi connectivity index (χ0v) is 14.6. The Bertz CT molecular complexity index is 334. The van der Waals surface area contributed by atoms with Gasteiger partial charge in [0, 0.05) is 19.6 Å². The fourth-order valence-electron chi connectivity index (χ4n) is 5.55. The number of hydrogen-bond donors (Lipinski definition) is 1. The van der Waals surface area contributed by atoms with Crippen LogP contribution in [0.1, 0.15) is 65.2 Å². The summed E-state index contributed by atoms with van der Waals surface area (Å²) in [6.07, 6.45) is 11.8. The average molecular weight is 293 g/mol. The van der Waals surface area contributed by atoms with E-state index in [4.69, 9.17) is 0 Å². The third-order valence-electron chi connectivity index (χ3n) is 7.18. The van der Waals surface area contributed by atoms with E-state index in [0.717, 1.165) is 22.7 Å². The van der Waals surface area contributed by atoms with E-state index in [2.05, 4.69) is 31.1 Å². The summed E-state index contributed by atoms with van der Waals surface area (Å²) in [6.45, 7) is 9.99. The fraction of sp³-hybridized carbons (Fsp3) is 1.00. The van der Waals surface area contributed by atoms with Crippen molar-refractivity contribution in [1.29, 1.82) is 0 Å². The minimum Gasteiger partial charge on any atom is -0.316 e. The lowest BCUT2D eigenvalue weighted by atomic mass is 9.56. The molecule has 0 amide bonds. The van der Waals surface area contributed by atoms with E-state index < -0.39 is 0 Å². The number of nitrogens with one attached hydrogen (secondary N) is 1. The fourth-order valence-corrected chi connectivity index (χ4v) is 5.55. The maximum absolute atomic E-state index is 3.37. The van der Waals surface area contributed by atoms with Crippen molar-refractivity contribution in [1.82, 2.24) is 10.2 Å². The van der Waals surface area contributed by atoms with Gasteiger partial charge >= 0.3 is 0 Å². The molecule has 2 spiro atoms. The van der Waals surface area contributed by atoms with E-state index in [9.17, 15) is 0 Å². The molecule has 1 unspecified atom stereocenters. The first-order valence-corrected chi connectivity index (χ1v) is 9.51. The minimum atomic E-state index is 0.772. The summed E-state index contributed by atoms with van der Waals surface area (Å²) in [5.74, 6) is 2.13. The molecule has 4 aliphatic rings. The molecule has 1 N–H and O–H groups in total. The third kappa shape index (κ3) is 3.03. The van der Waals surface area contributed by atoms with E-state index in [1.807, 2.05) is 0 Å². The lowest BCUT2D eigenvalue weighted by Crippen LogP contribution is -2.62. The molecule has 0 radical (unpaired) electrons. The van der Waals surface area contributed by atoms with Gasteiger partial charge in [0.2, 0.25) is 0 Å². The Morgan fingerprint density at radius 2 is 1.86 bits per heavy atom. The van der Waals surface area contributed by atoms with E-state index in [-0.39, 0.29) is 0 Å². The predicted octanol–water partition coefficient (Wildman–Crippen LogP) is 3.91. The zero-order chi connectivity index (χ0) is 14.9. The van der Waals surface area contributed by atoms with E-state index >= 15 is 0 Å². The van der Waals surface area contributed by atoms with Crippen LogP contribution in [-0.4, -0.2) is 38.1 Å². The molecule has 4 rings (SSSR count). The highest BCUT2D eigenvalue weighted by Gasteiger charge is 2.49. The Balaban J connectivity index is 0.000000131. The lowest BCUT2D eigenvalue weighted by Gasteiger charge is -2.56. The van der Waals surface area contributed by atoms with Crippen molar-refractivity contribution in [2.75, 3.05) is 33.2 Å². The molecule has 2 aliphatic carbocycles. The molecule has 0 bridgehead atoms. The second-order valence-electron chi connectivity index (χ2n) is 8.63.